The molecule has 1 aliphatic heterocycles. The fourth-order valence-corrected chi connectivity index (χ4v) is 4.00. The van der Waals surface area contributed by atoms with Crippen LogP contribution in [-0.2, 0) is 16.3 Å². The average molecular weight is 232 g/mol. The van der Waals surface area contributed by atoms with Gasteiger partial charge in [-0.05, 0) is 29.9 Å². The van der Waals surface area contributed by atoms with Gasteiger partial charge in [0, 0.05) is 5.39 Å². The second kappa shape index (κ2) is 3.32. The van der Waals surface area contributed by atoms with Crippen LogP contribution in [0.5, 0.6) is 0 Å². The summed E-state index contributed by atoms with van der Waals surface area (Å²) in [6.07, 6.45) is 1.57. The summed E-state index contributed by atoms with van der Waals surface area (Å²) in [7, 11) is -3.08. The smallest absolute Gasteiger partial charge is 0.179 e. The van der Waals surface area contributed by atoms with Gasteiger partial charge in [-0.3, -0.25) is 0 Å². The number of aryl methyl sites for hydroxylation is 1. The summed E-state index contributed by atoms with van der Waals surface area (Å²) in [6, 6.07) is 11.5. The van der Waals surface area contributed by atoms with Crippen LogP contribution >= 0.6 is 0 Å². The monoisotopic (exact) mass is 232 g/mol. The molecule has 0 atom stereocenters. The second-order valence-electron chi connectivity index (χ2n) is 4.19. The molecule has 0 saturated heterocycles. The lowest BCUT2D eigenvalue weighted by Gasteiger charge is -2.06. The van der Waals surface area contributed by atoms with Crippen molar-refractivity contribution in [3.05, 3.63) is 42.0 Å². The zero-order chi connectivity index (χ0) is 11.2. The molecule has 0 aromatic heterocycles. The Morgan fingerprint density at radius 1 is 1.00 bits per heavy atom. The van der Waals surface area contributed by atoms with E-state index >= 15 is 0 Å². The van der Waals surface area contributed by atoms with E-state index in [1.54, 1.807) is 6.07 Å². The summed E-state index contributed by atoms with van der Waals surface area (Å²) in [5.41, 5.74) is 1.16. The third-order valence-electron chi connectivity index (χ3n) is 3.15. The molecule has 3 rings (SSSR count). The van der Waals surface area contributed by atoms with Crippen molar-refractivity contribution >= 4 is 20.6 Å². The Bertz CT molecular complexity index is 651. The minimum atomic E-state index is -3.08. The number of hydrogen-bond donors (Lipinski definition) is 0. The minimum Gasteiger partial charge on any atom is -0.224 e. The van der Waals surface area contributed by atoms with Gasteiger partial charge in [0.2, 0.25) is 0 Å². The lowest BCUT2D eigenvalue weighted by molar-refractivity contribution is 0.595. The highest BCUT2D eigenvalue weighted by Gasteiger charge is 2.22. The molecule has 2 nitrogen and oxygen atoms in total. The van der Waals surface area contributed by atoms with E-state index in [1.807, 2.05) is 30.3 Å². The van der Waals surface area contributed by atoms with E-state index in [9.17, 15) is 8.42 Å². The molecule has 2 aromatic rings. The highest BCUT2D eigenvalue weighted by atomic mass is 32.2. The second-order valence-corrected chi connectivity index (χ2v) is 6.27. The van der Waals surface area contributed by atoms with Gasteiger partial charge in [0.25, 0.3) is 0 Å². The van der Waals surface area contributed by atoms with Gasteiger partial charge in [-0.25, -0.2) is 8.42 Å². The lowest BCUT2D eigenvalue weighted by Crippen LogP contribution is -2.05. The summed E-state index contributed by atoms with van der Waals surface area (Å²) >= 11 is 0. The van der Waals surface area contributed by atoms with Crippen LogP contribution in [0.15, 0.2) is 41.3 Å². The third kappa shape index (κ3) is 1.35. The van der Waals surface area contributed by atoms with Gasteiger partial charge >= 0.3 is 0 Å². The summed E-state index contributed by atoms with van der Waals surface area (Å²) in [6.45, 7) is 0. The molecule has 0 N–H and O–H groups in total. The first-order valence-electron chi connectivity index (χ1n) is 5.42. The van der Waals surface area contributed by atoms with E-state index in [1.165, 1.54) is 0 Å². The Balaban J connectivity index is 2.53. The Hall–Kier alpha value is -1.35. The van der Waals surface area contributed by atoms with Crippen molar-refractivity contribution in [2.45, 2.75) is 17.7 Å². The molecule has 0 saturated carbocycles. The van der Waals surface area contributed by atoms with E-state index in [2.05, 4.69) is 0 Å². The maximum Gasteiger partial charge on any atom is 0.179 e. The number of rotatable bonds is 0. The van der Waals surface area contributed by atoms with E-state index < -0.39 is 9.84 Å². The standard InChI is InChI=1S/C13H12O2S/c14-16(15)9-3-7-11-5-1-4-10-6-2-8-12(16)13(10)11/h1-2,4-6,8H,3,7,9H2. The highest BCUT2D eigenvalue weighted by molar-refractivity contribution is 7.91. The minimum absolute atomic E-state index is 0.265. The van der Waals surface area contributed by atoms with Gasteiger partial charge in [0.15, 0.2) is 9.84 Å². The average Bonchev–Trinajstić information content (AvgIpc) is 2.39. The highest BCUT2D eigenvalue weighted by Crippen LogP contribution is 2.31. The van der Waals surface area contributed by atoms with Crippen molar-refractivity contribution in [3.8, 4) is 0 Å². The van der Waals surface area contributed by atoms with Crippen LogP contribution in [0.25, 0.3) is 10.8 Å². The van der Waals surface area contributed by atoms with Gasteiger partial charge in [-0.15, -0.1) is 0 Å². The van der Waals surface area contributed by atoms with Crippen LogP contribution in [0, 0.1) is 0 Å². The third-order valence-corrected chi connectivity index (χ3v) is 4.98. The Labute approximate surface area is 94.8 Å². The Kier molecular flexibility index (Phi) is 2.04. The van der Waals surface area contributed by atoms with Gasteiger partial charge in [-0.1, -0.05) is 30.3 Å². The van der Waals surface area contributed by atoms with Crippen molar-refractivity contribution in [2.24, 2.45) is 0 Å². The van der Waals surface area contributed by atoms with Crippen molar-refractivity contribution < 1.29 is 8.42 Å². The first kappa shape index (κ1) is 9.85. The van der Waals surface area contributed by atoms with Gasteiger partial charge in [0.1, 0.15) is 0 Å². The predicted molar refractivity (Wildman–Crippen MR) is 64.3 cm³/mol. The van der Waals surface area contributed by atoms with E-state index in [0.717, 1.165) is 29.2 Å². The van der Waals surface area contributed by atoms with Crippen LogP contribution in [0.1, 0.15) is 12.0 Å². The summed E-state index contributed by atoms with van der Waals surface area (Å²) in [5.74, 6) is 0.265. The van der Waals surface area contributed by atoms with Crippen LogP contribution in [0.2, 0.25) is 0 Å². The molecule has 82 valence electrons. The molecule has 1 aliphatic rings. The van der Waals surface area contributed by atoms with Gasteiger partial charge in [0.05, 0.1) is 10.6 Å². The molecule has 3 heteroatoms. The Morgan fingerprint density at radius 3 is 2.56 bits per heavy atom. The quantitative estimate of drug-likeness (QED) is 0.699. The fraction of sp³-hybridized carbons (Fsp3) is 0.231. The van der Waals surface area contributed by atoms with Crippen molar-refractivity contribution in [1.29, 1.82) is 0 Å². The van der Waals surface area contributed by atoms with E-state index in [4.69, 9.17) is 0 Å². The van der Waals surface area contributed by atoms with Crippen LogP contribution in [0.3, 0.4) is 0 Å². The molecule has 0 spiro atoms. The summed E-state index contributed by atoms with van der Waals surface area (Å²) < 4.78 is 24.2. The lowest BCUT2D eigenvalue weighted by atomic mass is 10.0. The molecule has 2 aromatic carbocycles. The van der Waals surface area contributed by atoms with Gasteiger partial charge < -0.3 is 0 Å². The normalized spacial score (nSPS) is 18.2. The predicted octanol–water partition coefficient (Wildman–Crippen LogP) is 2.56. The molecule has 1 heterocycles. The molecule has 16 heavy (non-hydrogen) atoms. The molecule has 0 aliphatic carbocycles. The number of sulfone groups is 1. The number of hydrogen-bond acceptors (Lipinski definition) is 2. The van der Waals surface area contributed by atoms with Gasteiger partial charge in [-0.2, -0.15) is 0 Å². The molecular weight excluding hydrogens is 220 g/mol. The van der Waals surface area contributed by atoms with Crippen LogP contribution < -0.4 is 0 Å². The molecule has 0 bridgehead atoms. The fourth-order valence-electron chi connectivity index (χ4n) is 2.41. The maximum absolute atomic E-state index is 12.1. The number of benzene rings is 2. The van der Waals surface area contributed by atoms with Crippen LogP contribution in [-0.4, -0.2) is 14.2 Å². The van der Waals surface area contributed by atoms with Crippen molar-refractivity contribution in [2.75, 3.05) is 5.75 Å². The molecular formula is C13H12O2S. The largest absolute Gasteiger partial charge is 0.224 e. The Morgan fingerprint density at radius 2 is 1.75 bits per heavy atom. The van der Waals surface area contributed by atoms with Crippen molar-refractivity contribution in [1.82, 2.24) is 0 Å². The van der Waals surface area contributed by atoms with E-state index in [-0.39, 0.29) is 5.75 Å². The molecule has 0 unspecified atom stereocenters. The summed E-state index contributed by atoms with van der Waals surface area (Å²) in [4.78, 5) is 0.512. The zero-order valence-electron chi connectivity index (χ0n) is 8.81. The first-order chi connectivity index (χ1) is 7.68. The SMILES string of the molecule is O=S1(=O)CCCc2cccc3cccc1c23. The molecule has 0 radical (unpaired) electrons. The van der Waals surface area contributed by atoms with Crippen LogP contribution in [0.4, 0.5) is 0 Å². The molecule has 0 amide bonds. The summed E-state index contributed by atoms with van der Waals surface area (Å²) in [5, 5.41) is 1.96. The zero-order valence-corrected chi connectivity index (χ0v) is 9.63. The van der Waals surface area contributed by atoms with E-state index in [0.29, 0.717) is 4.90 Å². The first-order valence-corrected chi connectivity index (χ1v) is 7.07. The molecule has 0 fully saturated rings. The maximum atomic E-state index is 12.1. The topological polar surface area (TPSA) is 34.1 Å². The van der Waals surface area contributed by atoms with Crippen molar-refractivity contribution in [3.63, 3.8) is 0 Å².